The van der Waals surface area contributed by atoms with E-state index in [-0.39, 0.29) is 0 Å². The highest BCUT2D eigenvalue weighted by Gasteiger charge is 2.35. The zero-order valence-corrected chi connectivity index (χ0v) is 17.6. The monoisotopic (exact) mass is 320 g/mol. The summed E-state index contributed by atoms with van der Waals surface area (Å²) in [6, 6.07) is 0. The van der Waals surface area contributed by atoms with Crippen LogP contribution in [0.25, 0.3) is 0 Å². The second-order valence-electron chi connectivity index (χ2n) is 10.3. The zero-order valence-electron chi connectivity index (χ0n) is 17.6. The highest BCUT2D eigenvalue weighted by molar-refractivity contribution is 6.35. The van der Waals surface area contributed by atoms with Crippen molar-refractivity contribution in [2.45, 2.75) is 106 Å². The van der Waals surface area contributed by atoms with Crippen molar-refractivity contribution in [3.8, 4) is 0 Å². The Morgan fingerprint density at radius 1 is 0.913 bits per heavy atom. The van der Waals surface area contributed by atoms with E-state index in [1.54, 1.807) is 0 Å². The summed E-state index contributed by atoms with van der Waals surface area (Å²) in [7, 11) is 1.34. The SMILES string of the molecule is CBC(C)CCC(CCC(C)C1CCC(C(C)(C)C)C1)C(C)C. The van der Waals surface area contributed by atoms with Crippen LogP contribution >= 0.6 is 0 Å². The van der Waals surface area contributed by atoms with E-state index in [2.05, 4.69) is 55.3 Å². The molecule has 0 aromatic carbocycles. The first-order chi connectivity index (χ1) is 10.6. The van der Waals surface area contributed by atoms with Crippen LogP contribution in [0, 0.1) is 35.0 Å². The predicted octanol–water partition coefficient (Wildman–Crippen LogP) is 7.21. The Morgan fingerprint density at radius 2 is 1.52 bits per heavy atom. The Morgan fingerprint density at radius 3 is 2.00 bits per heavy atom. The molecule has 0 radical (unpaired) electrons. The molecule has 1 rings (SSSR count). The largest absolute Gasteiger partial charge is 0.120 e. The summed E-state index contributed by atoms with van der Waals surface area (Å²) in [4.78, 5) is 0. The van der Waals surface area contributed by atoms with Crippen molar-refractivity contribution in [3.63, 3.8) is 0 Å². The fraction of sp³-hybridized carbons (Fsp3) is 1.00. The van der Waals surface area contributed by atoms with Crippen molar-refractivity contribution in [1.82, 2.24) is 0 Å². The summed E-state index contributed by atoms with van der Waals surface area (Å²) in [5.74, 6) is 5.62. The Kier molecular flexibility index (Phi) is 8.74. The molecule has 136 valence electrons. The molecule has 0 N–H and O–H groups in total. The third-order valence-corrected chi connectivity index (χ3v) is 7.17. The van der Waals surface area contributed by atoms with Crippen molar-refractivity contribution in [3.05, 3.63) is 0 Å². The van der Waals surface area contributed by atoms with Crippen LogP contribution in [0.2, 0.25) is 12.6 Å². The van der Waals surface area contributed by atoms with E-state index in [0.717, 1.165) is 35.4 Å². The first-order valence-corrected chi connectivity index (χ1v) is 10.6. The Balaban J connectivity index is 2.39. The van der Waals surface area contributed by atoms with E-state index < -0.39 is 0 Å². The topological polar surface area (TPSA) is 0 Å². The molecule has 0 aromatic rings. The van der Waals surface area contributed by atoms with Gasteiger partial charge in [0.15, 0.2) is 0 Å². The summed E-state index contributed by atoms with van der Waals surface area (Å²) in [5.41, 5.74) is 0.519. The van der Waals surface area contributed by atoms with Crippen molar-refractivity contribution in [1.29, 1.82) is 0 Å². The molecule has 5 atom stereocenters. The first-order valence-electron chi connectivity index (χ1n) is 10.6. The van der Waals surface area contributed by atoms with Gasteiger partial charge in [0.05, 0.1) is 0 Å². The van der Waals surface area contributed by atoms with Gasteiger partial charge in [0.2, 0.25) is 0 Å². The molecule has 0 aliphatic heterocycles. The van der Waals surface area contributed by atoms with E-state index in [0.29, 0.717) is 5.41 Å². The van der Waals surface area contributed by atoms with Crippen molar-refractivity contribution in [2.75, 3.05) is 0 Å². The molecule has 23 heavy (non-hydrogen) atoms. The maximum absolute atomic E-state index is 2.54. The fourth-order valence-electron chi connectivity index (χ4n) is 4.55. The standard InChI is InChI=1S/C22H45B/c1-16(2)19(12-10-18(4)23-8)11-9-17(3)20-13-14-21(15-20)22(5,6)7/h16-21,23H,9-15H2,1-8H3. The van der Waals surface area contributed by atoms with Crippen LogP contribution in [0.5, 0.6) is 0 Å². The average molecular weight is 320 g/mol. The van der Waals surface area contributed by atoms with Crippen molar-refractivity contribution >= 4 is 7.28 Å². The van der Waals surface area contributed by atoms with E-state index >= 15 is 0 Å². The maximum atomic E-state index is 2.54. The molecular formula is C22H45B. The molecule has 0 amide bonds. The Hall–Kier alpha value is 0.0649. The quantitative estimate of drug-likeness (QED) is 0.394. The van der Waals surface area contributed by atoms with Gasteiger partial charge in [-0.15, -0.1) is 0 Å². The smallest absolute Gasteiger partial charge is 0.0891 e. The molecule has 0 spiro atoms. The molecule has 0 bridgehead atoms. The van der Waals surface area contributed by atoms with Gasteiger partial charge in [0.25, 0.3) is 0 Å². The van der Waals surface area contributed by atoms with E-state index in [4.69, 9.17) is 0 Å². The molecular weight excluding hydrogens is 275 g/mol. The van der Waals surface area contributed by atoms with Gasteiger partial charge in [0, 0.05) is 0 Å². The normalized spacial score (nSPS) is 26.3. The van der Waals surface area contributed by atoms with Gasteiger partial charge in [-0.25, -0.2) is 0 Å². The van der Waals surface area contributed by atoms with E-state index in [1.807, 2.05) is 0 Å². The minimum absolute atomic E-state index is 0.519. The lowest BCUT2D eigenvalue weighted by Gasteiger charge is -2.29. The maximum Gasteiger partial charge on any atom is 0.120 e. The zero-order chi connectivity index (χ0) is 17.6. The van der Waals surface area contributed by atoms with Gasteiger partial charge in [-0.2, -0.15) is 0 Å². The van der Waals surface area contributed by atoms with Crippen LogP contribution in [-0.2, 0) is 0 Å². The second-order valence-corrected chi connectivity index (χ2v) is 10.3. The summed E-state index contributed by atoms with van der Waals surface area (Å²) >= 11 is 0. The van der Waals surface area contributed by atoms with Crippen LogP contribution < -0.4 is 0 Å². The third-order valence-electron chi connectivity index (χ3n) is 7.17. The van der Waals surface area contributed by atoms with Crippen LogP contribution in [0.1, 0.15) is 93.4 Å². The first kappa shape index (κ1) is 21.1. The van der Waals surface area contributed by atoms with Crippen LogP contribution in [0.4, 0.5) is 0 Å². The molecule has 0 heterocycles. The van der Waals surface area contributed by atoms with E-state index in [9.17, 15) is 0 Å². The lowest BCUT2D eigenvalue weighted by Crippen LogP contribution is -2.19. The van der Waals surface area contributed by atoms with Gasteiger partial charge < -0.3 is 0 Å². The average Bonchev–Trinajstić information content (AvgIpc) is 2.96. The molecule has 0 nitrogen and oxygen atoms in total. The van der Waals surface area contributed by atoms with Gasteiger partial charge in [0.1, 0.15) is 7.28 Å². The third kappa shape index (κ3) is 7.22. The van der Waals surface area contributed by atoms with E-state index in [1.165, 1.54) is 52.2 Å². The Labute approximate surface area is 148 Å². The van der Waals surface area contributed by atoms with Gasteiger partial charge in [-0.05, 0) is 60.7 Å². The Bertz CT molecular complexity index is 314. The minimum Gasteiger partial charge on any atom is -0.0891 e. The molecule has 0 saturated heterocycles. The second kappa shape index (κ2) is 9.52. The minimum atomic E-state index is 0.519. The van der Waals surface area contributed by atoms with Crippen LogP contribution in [-0.4, -0.2) is 7.28 Å². The highest BCUT2D eigenvalue weighted by Crippen LogP contribution is 2.45. The number of hydrogen-bond acceptors (Lipinski definition) is 0. The molecule has 1 aliphatic carbocycles. The number of hydrogen-bond donors (Lipinski definition) is 0. The summed E-state index contributed by atoms with van der Waals surface area (Å²) in [5, 5.41) is 0. The lowest BCUT2D eigenvalue weighted by molar-refractivity contribution is 0.218. The van der Waals surface area contributed by atoms with Crippen molar-refractivity contribution < 1.29 is 0 Å². The van der Waals surface area contributed by atoms with Crippen LogP contribution in [0.3, 0.4) is 0 Å². The van der Waals surface area contributed by atoms with Gasteiger partial charge >= 0.3 is 0 Å². The van der Waals surface area contributed by atoms with Gasteiger partial charge in [-0.1, -0.05) is 80.4 Å². The van der Waals surface area contributed by atoms with Crippen molar-refractivity contribution in [2.24, 2.45) is 35.0 Å². The summed E-state index contributed by atoms with van der Waals surface area (Å²) < 4.78 is 0. The molecule has 5 unspecified atom stereocenters. The highest BCUT2D eigenvalue weighted by atomic mass is 14.4. The summed E-state index contributed by atoms with van der Waals surface area (Å²) in [6.07, 6.45) is 10.3. The molecule has 1 aliphatic rings. The molecule has 1 heteroatoms. The summed E-state index contributed by atoms with van der Waals surface area (Å²) in [6.45, 7) is 19.5. The molecule has 1 fully saturated rings. The van der Waals surface area contributed by atoms with Gasteiger partial charge in [-0.3, -0.25) is 0 Å². The molecule has 1 saturated carbocycles. The lowest BCUT2D eigenvalue weighted by atomic mass is 9.65. The number of rotatable bonds is 9. The predicted molar refractivity (Wildman–Crippen MR) is 109 cm³/mol. The fourth-order valence-corrected chi connectivity index (χ4v) is 4.55. The van der Waals surface area contributed by atoms with Crippen LogP contribution in [0.15, 0.2) is 0 Å². The molecule has 0 aromatic heterocycles.